The van der Waals surface area contributed by atoms with Crippen LogP contribution in [0.15, 0.2) is 29.2 Å². The van der Waals surface area contributed by atoms with Gasteiger partial charge in [-0.3, -0.25) is 4.79 Å². The minimum Gasteiger partial charge on any atom is -0.506 e. The first kappa shape index (κ1) is 23.1. The summed E-state index contributed by atoms with van der Waals surface area (Å²) in [5.41, 5.74) is 1.79. The van der Waals surface area contributed by atoms with E-state index in [0.29, 0.717) is 5.56 Å². The van der Waals surface area contributed by atoms with Crippen molar-refractivity contribution in [2.45, 2.75) is 44.6 Å². The van der Waals surface area contributed by atoms with E-state index in [1.807, 2.05) is 0 Å². The molecule has 0 heterocycles. The summed E-state index contributed by atoms with van der Waals surface area (Å²) in [5.74, 6) is -2.85. The van der Waals surface area contributed by atoms with E-state index < -0.39 is 44.4 Å². The third-order valence-corrected chi connectivity index (χ3v) is 6.92. The number of hydrogen-bond donors (Lipinski definition) is 2. The molecule has 6 nitrogen and oxygen atoms in total. The number of halogens is 2. The second kappa shape index (κ2) is 8.69. The van der Waals surface area contributed by atoms with Gasteiger partial charge in [0, 0.05) is 16.5 Å². The average molecular weight is 444 g/mol. The summed E-state index contributed by atoms with van der Waals surface area (Å²) >= 11 is 5.90. The first-order valence-corrected chi connectivity index (χ1v) is 10.6. The van der Waals surface area contributed by atoms with E-state index >= 15 is 0 Å². The molecule has 0 spiro atoms. The smallest absolute Gasteiger partial charge is 0.324 e. The van der Waals surface area contributed by atoms with E-state index in [2.05, 4.69) is 4.72 Å². The van der Waals surface area contributed by atoms with Crippen molar-refractivity contribution in [1.82, 2.24) is 4.72 Å². The van der Waals surface area contributed by atoms with Crippen LogP contribution in [0.4, 0.5) is 4.39 Å². The van der Waals surface area contributed by atoms with Crippen molar-refractivity contribution in [2.75, 3.05) is 7.11 Å². The number of rotatable bonds is 6. The fourth-order valence-corrected chi connectivity index (χ4v) is 4.68. The van der Waals surface area contributed by atoms with Crippen molar-refractivity contribution in [3.63, 3.8) is 0 Å². The molecule has 29 heavy (non-hydrogen) atoms. The maximum Gasteiger partial charge on any atom is 0.324 e. The predicted octanol–water partition coefficient (Wildman–Crippen LogP) is 3.73. The molecule has 0 aliphatic rings. The molecule has 2 rings (SSSR count). The zero-order valence-electron chi connectivity index (χ0n) is 16.7. The van der Waals surface area contributed by atoms with Crippen LogP contribution in [0.2, 0.25) is 5.02 Å². The molecule has 0 fully saturated rings. The molecule has 1 unspecified atom stereocenters. The first-order valence-electron chi connectivity index (χ1n) is 8.76. The van der Waals surface area contributed by atoms with E-state index in [4.69, 9.17) is 16.3 Å². The molecule has 0 aliphatic carbocycles. The topological polar surface area (TPSA) is 92.7 Å². The predicted molar refractivity (Wildman–Crippen MR) is 108 cm³/mol. The molecular weight excluding hydrogens is 421 g/mol. The van der Waals surface area contributed by atoms with Gasteiger partial charge in [0.1, 0.15) is 22.5 Å². The quantitative estimate of drug-likeness (QED) is 0.663. The lowest BCUT2D eigenvalue weighted by Gasteiger charge is -2.25. The number of aromatic hydroxyl groups is 1. The summed E-state index contributed by atoms with van der Waals surface area (Å²) in [5, 5.41) is 10.4. The number of nitrogens with one attached hydrogen (secondary N) is 1. The highest BCUT2D eigenvalue weighted by molar-refractivity contribution is 7.89. The molecule has 0 aliphatic heterocycles. The Morgan fingerprint density at radius 3 is 2.38 bits per heavy atom. The van der Waals surface area contributed by atoms with Crippen LogP contribution in [0.25, 0.3) is 0 Å². The number of sulfonamides is 1. The highest BCUT2D eigenvalue weighted by Gasteiger charge is 2.35. The van der Waals surface area contributed by atoms with Crippen LogP contribution in [0, 0.1) is 26.6 Å². The van der Waals surface area contributed by atoms with Gasteiger partial charge in [0.05, 0.1) is 7.11 Å². The van der Waals surface area contributed by atoms with Gasteiger partial charge in [-0.1, -0.05) is 24.6 Å². The summed E-state index contributed by atoms with van der Waals surface area (Å²) in [7, 11) is -3.24. The highest BCUT2D eigenvalue weighted by atomic mass is 35.5. The standard InChI is InChI=1S/C20H23ClFNO5S/c1-10-6-8-15(22)17(11(10)2)13(4)18(20(25)28-5)23-29(26,27)16-9-7-14(21)12(3)19(16)24/h6-9,13,18,23-24H,1-5H3/t13?,18-/m0/s1. The Bertz CT molecular complexity index is 1060. The number of phenols is 1. The average Bonchev–Trinajstić information content (AvgIpc) is 2.66. The highest BCUT2D eigenvalue weighted by Crippen LogP contribution is 2.33. The first-order chi connectivity index (χ1) is 13.4. The van der Waals surface area contributed by atoms with Crippen LogP contribution in [-0.2, 0) is 19.6 Å². The fraction of sp³-hybridized carbons (Fsp3) is 0.350. The van der Waals surface area contributed by atoms with Crippen molar-refractivity contribution in [1.29, 1.82) is 0 Å². The molecule has 0 saturated heterocycles. The van der Waals surface area contributed by atoms with Crippen LogP contribution >= 0.6 is 11.6 Å². The maximum absolute atomic E-state index is 14.5. The Morgan fingerprint density at radius 2 is 1.79 bits per heavy atom. The number of aryl methyl sites for hydroxylation is 1. The number of carbonyl (C=O) groups excluding carboxylic acids is 1. The number of hydrogen-bond acceptors (Lipinski definition) is 5. The summed E-state index contributed by atoms with van der Waals surface area (Å²) in [6, 6.07) is 3.91. The molecular formula is C20H23ClFNO5S. The largest absolute Gasteiger partial charge is 0.506 e. The van der Waals surface area contributed by atoms with Gasteiger partial charge in [-0.05, 0) is 55.7 Å². The Morgan fingerprint density at radius 1 is 1.17 bits per heavy atom. The molecule has 0 aromatic heterocycles. The molecule has 2 N–H and O–H groups in total. The van der Waals surface area contributed by atoms with Crippen molar-refractivity contribution >= 4 is 27.6 Å². The van der Waals surface area contributed by atoms with E-state index in [1.54, 1.807) is 19.9 Å². The molecule has 0 radical (unpaired) electrons. The van der Waals surface area contributed by atoms with Crippen molar-refractivity contribution < 1.29 is 27.4 Å². The van der Waals surface area contributed by atoms with Crippen molar-refractivity contribution in [3.05, 3.63) is 57.4 Å². The fourth-order valence-electron chi connectivity index (χ4n) is 3.11. The second-order valence-electron chi connectivity index (χ2n) is 6.83. The van der Waals surface area contributed by atoms with Gasteiger partial charge in [-0.2, -0.15) is 4.72 Å². The molecule has 2 aromatic rings. The number of esters is 1. The van der Waals surface area contributed by atoms with Crippen LogP contribution in [0.5, 0.6) is 5.75 Å². The summed E-state index contributed by atoms with van der Waals surface area (Å²) in [6.07, 6.45) is 0. The second-order valence-corrected chi connectivity index (χ2v) is 8.92. The molecule has 2 aromatic carbocycles. The summed E-state index contributed by atoms with van der Waals surface area (Å²) < 4.78 is 47.3. The lowest BCUT2D eigenvalue weighted by molar-refractivity contribution is -0.143. The molecule has 0 bridgehead atoms. The molecule has 158 valence electrons. The van der Waals surface area contributed by atoms with Gasteiger partial charge in [0.2, 0.25) is 10.0 Å². The number of carbonyl (C=O) groups is 1. The molecule has 0 saturated carbocycles. The van der Waals surface area contributed by atoms with Crippen LogP contribution in [0.1, 0.15) is 35.1 Å². The molecule has 9 heteroatoms. The summed E-state index contributed by atoms with van der Waals surface area (Å²) in [4.78, 5) is 12.0. The Hall–Kier alpha value is -2.16. The van der Waals surface area contributed by atoms with Crippen LogP contribution in [-0.4, -0.2) is 32.6 Å². The monoisotopic (exact) mass is 443 g/mol. The lowest BCUT2D eigenvalue weighted by Crippen LogP contribution is -2.45. The van der Waals surface area contributed by atoms with Gasteiger partial charge in [0.15, 0.2) is 0 Å². The van der Waals surface area contributed by atoms with Gasteiger partial charge in [-0.15, -0.1) is 0 Å². The molecule has 2 atom stereocenters. The van der Waals surface area contributed by atoms with Gasteiger partial charge < -0.3 is 9.84 Å². The van der Waals surface area contributed by atoms with Gasteiger partial charge in [0.25, 0.3) is 0 Å². The Labute approximate surface area is 174 Å². The third-order valence-electron chi connectivity index (χ3n) is 5.04. The summed E-state index contributed by atoms with van der Waals surface area (Å²) in [6.45, 7) is 6.48. The number of phenolic OH excluding ortho intramolecular Hbond substituents is 1. The molecule has 0 amide bonds. The zero-order chi connectivity index (χ0) is 22.1. The Kier molecular flexibility index (Phi) is 6.93. The van der Waals surface area contributed by atoms with E-state index in [9.17, 15) is 22.7 Å². The van der Waals surface area contributed by atoms with Crippen LogP contribution in [0.3, 0.4) is 0 Å². The van der Waals surface area contributed by atoms with Crippen molar-refractivity contribution in [2.24, 2.45) is 0 Å². The van der Waals surface area contributed by atoms with E-state index in [1.165, 1.54) is 26.0 Å². The third kappa shape index (κ3) is 4.55. The van der Waals surface area contributed by atoms with E-state index in [-0.39, 0.29) is 16.1 Å². The van der Waals surface area contributed by atoms with Crippen LogP contribution < -0.4 is 4.72 Å². The van der Waals surface area contributed by atoms with Gasteiger partial charge >= 0.3 is 5.97 Å². The minimum absolute atomic E-state index is 0.179. The Balaban J connectivity index is 2.54. The number of ether oxygens (including phenoxy) is 1. The number of methoxy groups -OCH3 is 1. The van der Waals surface area contributed by atoms with Crippen molar-refractivity contribution in [3.8, 4) is 5.75 Å². The lowest BCUT2D eigenvalue weighted by atomic mass is 9.88. The SMILES string of the molecule is COC(=O)[C@@H](NS(=O)(=O)c1ccc(Cl)c(C)c1O)C(C)c1c(F)ccc(C)c1C. The normalized spacial score (nSPS) is 13.8. The minimum atomic E-state index is -4.36. The zero-order valence-corrected chi connectivity index (χ0v) is 18.3. The number of benzene rings is 2. The maximum atomic E-state index is 14.5. The van der Waals surface area contributed by atoms with Gasteiger partial charge in [-0.25, -0.2) is 12.8 Å². The van der Waals surface area contributed by atoms with E-state index in [0.717, 1.165) is 18.7 Å².